The van der Waals surface area contributed by atoms with Crippen LogP contribution in [0.3, 0.4) is 0 Å². The van der Waals surface area contributed by atoms with Crippen LogP contribution >= 0.6 is 23.4 Å². The molecule has 2 aliphatic carbocycles. The van der Waals surface area contributed by atoms with Crippen molar-refractivity contribution < 1.29 is 23.0 Å². The number of thioether (sulfide) groups is 1. The molecule has 1 aromatic carbocycles. The van der Waals surface area contributed by atoms with Gasteiger partial charge in [0.25, 0.3) is 23.2 Å². The van der Waals surface area contributed by atoms with Crippen LogP contribution in [0, 0.1) is 25.7 Å². The maximum atomic E-state index is 13.2. The zero-order valence-corrected chi connectivity index (χ0v) is 24.8. The molecule has 40 heavy (non-hydrogen) atoms. The number of benzene rings is 1. The smallest absolute Gasteiger partial charge is 0.254 e. The SMILES string of the molecule is CSc1cc(C)[nH]c(=O)c1CNC(=O)c1cc(Cl)c2c(c1C)OC(C)(C1CCC(CNC3CC(F)(F)C3)CC1)O2. The number of aryl methyl sites for hydroxylation is 1. The summed E-state index contributed by atoms with van der Waals surface area (Å²) >= 11 is 8.05. The zero-order valence-electron chi connectivity index (χ0n) is 23.2. The van der Waals surface area contributed by atoms with E-state index in [1.165, 1.54) is 11.8 Å². The van der Waals surface area contributed by atoms with Gasteiger partial charge in [-0.2, -0.15) is 0 Å². The highest BCUT2D eigenvalue weighted by Gasteiger charge is 2.48. The van der Waals surface area contributed by atoms with Gasteiger partial charge in [-0.25, -0.2) is 8.78 Å². The fourth-order valence-corrected chi connectivity index (χ4v) is 7.02. The first kappa shape index (κ1) is 29.2. The van der Waals surface area contributed by atoms with E-state index in [0.717, 1.165) is 42.8 Å². The molecule has 0 spiro atoms. The number of ether oxygens (including phenoxy) is 2. The second-order valence-electron chi connectivity index (χ2n) is 11.5. The van der Waals surface area contributed by atoms with Crippen LogP contribution < -0.4 is 25.7 Å². The van der Waals surface area contributed by atoms with Crippen molar-refractivity contribution in [1.82, 2.24) is 15.6 Å². The third kappa shape index (κ3) is 5.85. The van der Waals surface area contributed by atoms with E-state index >= 15 is 0 Å². The Bertz CT molecular complexity index is 1350. The molecule has 1 unspecified atom stereocenters. The number of aromatic amines is 1. The number of amides is 1. The number of fused-ring (bicyclic) bond motifs is 1. The van der Waals surface area contributed by atoms with Gasteiger partial charge in [-0.05, 0) is 70.4 Å². The number of aromatic nitrogens is 1. The number of rotatable bonds is 8. The molecule has 2 heterocycles. The second kappa shape index (κ2) is 11.2. The van der Waals surface area contributed by atoms with Crippen LogP contribution in [0.1, 0.15) is 72.6 Å². The number of nitrogens with one attached hydrogen (secondary N) is 3. The van der Waals surface area contributed by atoms with Crippen LogP contribution in [0.15, 0.2) is 21.8 Å². The van der Waals surface area contributed by atoms with E-state index in [0.29, 0.717) is 39.1 Å². The lowest BCUT2D eigenvalue weighted by atomic mass is 9.78. The number of carbonyl (C=O) groups excluding carboxylic acids is 1. The Hall–Kier alpha value is -2.30. The third-order valence-corrected chi connectivity index (χ3v) is 9.63. The molecule has 7 nitrogen and oxygen atoms in total. The van der Waals surface area contributed by atoms with Crippen LogP contribution in [0.2, 0.25) is 5.02 Å². The molecule has 1 aliphatic heterocycles. The molecule has 3 N–H and O–H groups in total. The molecule has 1 atom stereocenters. The summed E-state index contributed by atoms with van der Waals surface area (Å²) in [7, 11) is 0. The van der Waals surface area contributed by atoms with E-state index in [1.807, 2.05) is 26.2 Å². The van der Waals surface area contributed by atoms with Gasteiger partial charge < -0.3 is 25.1 Å². The number of pyridine rings is 1. The lowest BCUT2D eigenvalue weighted by Gasteiger charge is -2.39. The lowest BCUT2D eigenvalue weighted by molar-refractivity contribution is -0.123. The summed E-state index contributed by atoms with van der Waals surface area (Å²) in [5.41, 5.74) is 2.02. The largest absolute Gasteiger partial charge is 0.448 e. The first-order valence-electron chi connectivity index (χ1n) is 13.8. The average molecular weight is 596 g/mol. The molecule has 11 heteroatoms. The van der Waals surface area contributed by atoms with Crippen LogP contribution in [0.25, 0.3) is 0 Å². The fraction of sp³-hybridized carbons (Fsp3) is 0.586. The number of H-pyrrole nitrogens is 1. The van der Waals surface area contributed by atoms with Crippen molar-refractivity contribution in [3.8, 4) is 11.5 Å². The van der Waals surface area contributed by atoms with Crippen LogP contribution in [-0.2, 0) is 6.54 Å². The molecule has 218 valence electrons. The van der Waals surface area contributed by atoms with E-state index < -0.39 is 11.7 Å². The van der Waals surface area contributed by atoms with Gasteiger partial charge in [0, 0.05) is 65.5 Å². The molecular formula is C29H36ClF2N3O4S. The summed E-state index contributed by atoms with van der Waals surface area (Å²) in [6, 6.07) is 3.39. The van der Waals surface area contributed by atoms with Gasteiger partial charge in [-0.3, -0.25) is 9.59 Å². The highest BCUT2D eigenvalue weighted by atomic mass is 35.5. The standard InChI is InChI=1S/C29H36ClF2N3O4S/c1-15-9-23(40-4)21(27(37)35-15)14-34-26(36)20-10-22(30)25-24(16(20)2)38-28(3,39-25)18-7-5-17(6-8-18)13-33-19-11-29(31,32)12-19/h9-10,17-19,33H,5-8,11-14H2,1-4H3,(H,34,36)(H,35,37). The summed E-state index contributed by atoms with van der Waals surface area (Å²) in [5.74, 6) is -2.32. The van der Waals surface area contributed by atoms with Crippen molar-refractivity contribution in [2.24, 2.45) is 11.8 Å². The molecule has 3 aliphatic rings. The average Bonchev–Trinajstić information content (AvgIpc) is 3.27. The summed E-state index contributed by atoms with van der Waals surface area (Å²) in [6.45, 7) is 6.37. The predicted octanol–water partition coefficient (Wildman–Crippen LogP) is 5.98. The summed E-state index contributed by atoms with van der Waals surface area (Å²) in [4.78, 5) is 29.3. The van der Waals surface area contributed by atoms with Gasteiger partial charge in [0.05, 0.1) is 5.02 Å². The number of halogens is 3. The van der Waals surface area contributed by atoms with Gasteiger partial charge in [-0.1, -0.05) is 11.6 Å². The molecule has 0 radical (unpaired) electrons. The maximum absolute atomic E-state index is 13.2. The zero-order chi connectivity index (χ0) is 28.8. The van der Waals surface area contributed by atoms with Crippen LogP contribution in [-0.4, -0.2) is 41.4 Å². The molecular weight excluding hydrogens is 560 g/mol. The van der Waals surface area contributed by atoms with E-state index in [1.54, 1.807) is 13.0 Å². The monoisotopic (exact) mass is 595 g/mol. The Balaban J connectivity index is 1.22. The van der Waals surface area contributed by atoms with Crippen LogP contribution in [0.5, 0.6) is 11.5 Å². The Kier molecular flexibility index (Phi) is 8.16. The molecule has 1 aromatic heterocycles. The fourth-order valence-electron chi connectivity index (χ4n) is 6.08. The first-order chi connectivity index (χ1) is 18.9. The topological polar surface area (TPSA) is 92.5 Å². The quantitative estimate of drug-likeness (QED) is 0.325. The number of carbonyl (C=O) groups is 1. The Morgan fingerprint density at radius 1 is 1.15 bits per heavy atom. The normalized spacial score (nSPS) is 25.5. The minimum Gasteiger partial charge on any atom is -0.448 e. The van der Waals surface area contributed by atoms with Gasteiger partial charge >= 0.3 is 0 Å². The number of alkyl halides is 2. The Labute approximate surface area is 242 Å². The molecule has 5 rings (SSSR count). The van der Waals surface area contributed by atoms with Crippen molar-refractivity contribution in [2.45, 2.75) is 88.5 Å². The van der Waals surface area contributed by atoms with Crippen molar-refractivity contribution in [3.05, 3.63) is 49.9 Å². The predicted molar refractivity (Wildman–Crippen MR) is 152 cm³/mol. The van der Waals surface area contributed by atoms with Gasteiger partial charge in [0.1, 0.15) is 0 Å². The molecule has 2 fully saturated rings. The minimum atomic E-state index is -2.51. The van der Waals surface area contributed by atoms with Crippen molar-refractivity contribution in [3.63, 3.8) is 0 Å². The van der Waals surface area contributed by atoms with Gasteiger partial charge in [0.15, 0.2) is 11.5 Å². The molecule has 2 saturated carbocycles. The lowest BCUT2D eigenvalue weighted by Crippen LogP contribution is -2.50. The van der Waals surface area contributed by atoms with E-state index in [2.05, 4.69) is 15.6 Å². The minimum absolute atomic E-state index is 0.0659. The number of hydrogen-bond acceptors (Lipinski definition) is 6. The van der Waals surface area contributed by atoms with E-state index in [-0.39, 0.29) is 42.8 Å². The van der Waals surface area contributed by atoms with Crippen molar-refractivity contribution in [1.29, 1.82) is 0 Å². The summed E-state index contributed by atoms with van der Waals surface area (Å²) < 4.78 is 38.9. The van der Waals surface area contributed by atoms with E-state index in [9.17, 15) is 18.4 Å². The summed E-state index contributed by atoms with van der Waals surface area (Å²) in [5, 5.41) is 6.45. The maximum Gasteiger partial charge on any atom is 0.254 e. The van der Waals surface area contributed by atoms with Crippen molar-refractivity contribution >= 4 is 29.3 Å². The number of hydrogen-bond donors (Lipinski definition) is 3. The molecule has 2 aromatic rings. The highest BCUT2D eigenvalue weighted by molar-refractivity contribution is 7.98. The highest BCUT2D eigenvalue weighted by Crippen LogP contribution is 2.52. The van der Waals surface area contributed by atoms with Crippen molar-refractivity contribution in [2.75, 3.05) is 12.8 Å². The first-order valence-corrected chi connectivity index (χ1v) is 15.4. The Morgan fingerprint density at radius 2 is 1.82 bits per heavy atom. The second-order valence-corrected chi connectivity index (χ2v) is 12.8. The van der Waals surface area contributed by atoms with Gasteiger partial charge in [-0.15, -0.1) is 11.8 Å². The van der Waals surface area contributed by atoms with E-state index in [4.69, 9.17) is 21.1 Å². The summed E-state index contributed by atoms with van der Waals surface area (Å²) in [6.07, 6.45) is 5.43. The molecule has 1 amide bonds. The third-order valence-electron chi connectivity index (χ3n) is 8.54. The van der Waals surface area contributed by atoms with Gasteiger partial charge in [0.2, 0.25) is 0 Å². The molecule has 0 saturated heterocycles. The Morgan fingerprint density at radius 3 is 2.48 bits per heavy atom. The van der Waals surface area contributed by atoms with Crippen LogP contribution in [0.4, 0.5) is 8.78 Å². The molecule has 0 bridgehead atoms.